The van der Waals surface area contributed by atoms with Crippen LogP contribution >= 0.6 is 0 Å². The van der Waals surface area contributed by atoms with Gasteiger partial charge < -0.3 is 0 Å². The summed E-state index contributed by atoms with van der Waals surface area (Å²) < 4.78 is 0. The highest BCUT2D eigenvalue weighted by atomic mass is 14.2. The molecule has 0 aromatic rings. The van der Waals surface area contributed by atoms with Crippen LogP contribution < -0.4 is 0 Å². The molecular formula is C5H10BN. The second kappa shape index (κ2) is 2.02. The van der Waals surface area contributed by atoms with Crippen molar-refractivity contribution in [2.75, 3.05) is 0 Å². The molecule has 38 valence electrons. The molecule has 7 heavy (non-hydrogen) atoms. The van der Waals surface area contributed by atoms with Crippen molar-refractivity contribution in [2.45, 2.75) is 25.6 Å². The minimum Gasteiger partial charge on any atom is -0.198 e. The van der Waals surface area contributed by atoms with Gasteiger partial charge in [-0.1, -0.05) is 19.2 Å². The van der Waals surface area contributed by atoms with E-state index in [1.54, 1.807) is 0 Å². The van der Waals surface area contributed by atoms with E-state index in [9.17, 15) is 0 Å². The third kappa shape index (κ3) is 5.55. The Morgan fingerprint density at radius 1 is 1.71 bits per heavy atom. The highest BCUT2D eigenvalue weighted by Gasteiger charge is 2.07. The van der Waals surface area contributed by atoms with Gasteiger partial charge in [0.05, 0.1) is 6.07 Å². The van der Waals surface area contributed by atoms with E-state index >= 15 is 0 Å². The standard InChI is InChI=1S/C5H10BN/c1-5(2,6)3-4-7/h3,6H2,1-2H3. The monoisotopic (exact) mass is 95.1 g/mol. The smallest absolute Gasteiger partial charge is 0.110 e. The lowest BCUT2D eigenvalue weighted by Crippen LogP contribution is -1.98. The van der Waals surface area contributed by atoms with Crippen molar-refractivity contribution in [3.63, 3.8) is 0 Å². The van der Waals surface area contributed by atoms with Gasteiger partial charge in [0.25, 0.3) is 0 Å². The molecule has 0 aliphatic heterocycles. The topological polar surface area (TPSA) is 23.8 Å². The summed E-state index contributed by atoms with van der Waals surface area (Å²) in [6, 6.07) is 2.11. The van der Waals surface area contributed by atoms with Gasteiger partial charge in [-0.3, -0.25) is 0 Å². The molecule has 0 N–H and O–H groups in total. The van der Waals surface area contributed by atoms with Crippen LogP contribution in [0.3, 0.4) is 0 Å². The zero-order valence-electron chi connectivity index (χ0n) is 5.15. The lowest BCUT2D eigenvalue weighted by molar-refractivity contribution is 0.700. The molecule has 0 radical (unpaired) electrons. The molecule has 0 rings (SSSR count). The van der Waals surface area contributed by atoms with E-state index in [1.807, 2.05) is 0 Å². The third-order valence-electron chi connectivity index (χ3n) is 0.609. The molecule has 0 bridgehead atoms. The van der Waals surface area contributed by atoms with Crippen LogP contribution in [0.5, 0.6) is 0 Å². The molecule has 0 aliphatic carbocycles. The lowest BCUT2D eigenvalue weighted by Gasteiger charge is -2.10. The second-order valence-electron chi connectivity index (χ2n) is 2.90. The van der Waals surface area contributed by atoms with Gasteiger partial charge in [0, 0.05) is 6.42 Å². The van der Waals surface area contributed by atoms with Crippen LogP contribution in [0.4, 0.5) is 0 Å². The average Bonchev–Trinajstić information content (AvgIpc) is 1.30. The summed E-state index contributed by atoms with van der Waals surface area (Å²) in [5.74, 6) is 0. The maximum Gasteiger partial charge on any atom is 0.110 e. The molecule has 0 fully saturated rings. The molecule has 1 nitrogen and oxygen atoms in total. The Bertz CT molecular complexity index is 85.2. The molecule has 0 spiro atoms. The lowest BCUT2D eigenvalue weighted by atomic mass is 9.71. The van der Waals surface area contributed by atoms with Crippen molar-refractivity contribution in [3.8, 4) is 6.07 Å². The summed E-state index contributed by atoms with van der Waals surface area (Å²) in [7, 11) is 2.05. The molecule has 0 saturated heterocycles. The van der Waals surface area contributed by atoms with E-state index in [0.29, 0.717) is 6.42 Å². The summed E-state index contributed by atoms with van der Waals surface area (Å²) in [4.78, 5) is 0. The zero-order chi connectivity index (χ0) is 5.91. The largest absolute Gasteiger partial charge is 0.198 e. The van der Waals surface area contributed by atoms with Gasteiger partial charge in [-0.15, -0.1) is 0 Å². The molecule has 0 atom stereocenters. The van der Waals surface area contributed by atoms with Gasteiger partial charge in [0.1, 0.15) is 7.85 Å². The van der Waals surface area contributed by atoms with Crippen LogP contribution in [0.15, 0.2) is 0 Å². The molecule has 0 unspecified atom stereocenters. The average molecular weight is 95.0 g/mol. The van der Waals surface area contributed by atoms with Crippen LogP contribution in [0.1, 0.15) is 20.3 Å². The Morgan fingerprint density at radius 3 is 2.14 bits per heavy atom. The Balaban J connectivity index is 3.40. The van der Waals surface area contributed by atoms with Crippen molar-refractivity contribution in [3.05, 3.63) is 0 Å². The van der Waals surface area contributed by atoms with Crippen molar-refractivity contribution in [1.29, 1.82) is 5.26 Å². The van der Waals surface area contributed by atoms with Gasteiger partial charge in [-0.05, 0) is 0 Å². The molecule has 2 heteroatoms. The highest BCUT2D eigenvalue weighted by Crippen LogP contribution is 2.21. The molecule has 0 aromatic carbocycles. The maximum atomic E-state index is 8.15. The number of hydrogen-bond donors (Lipinski definition) is 0. The van der Waals surface area contributed by atoms with Crippen LogP contribution in [-0.2, 0) is 0 Å². The molecule has 0 amide bonds. The summed E-state index contributed by atoms with van der Waals surface area (Å²) in [5.41, 5.74) is 0. The van der Waals surface area contributed by atoms with Crippen LogP contribution in [0.25, 0.3) is 0 Å². The van der Waals surface area contributed by atoms with E-state index < -0.39 is 0 Å². The van der Waals surface area contributed by atoms with Crippen LogP contribution in [-0.4, -0.2) is 7.85 Å². The van der Waals surface area contributed by atoms with Gasteiger partial charge in [0.15, 0.2) is 0 Å². The van der Waals surface area contributed by atoms with Gasteiger partial charge in [-0.25, -0.2) is 0 Å². The SMILES string of the molecule is BC(C)(C)CC#N. The number of rotatable bonds is 1. The minimum atomic E-state index is 0.189. The molecule has 0 saturated carbocycles. The molecular weight excluding hydrogens is 84.9 g/mol. The first-order chi connectivity index (χ1) is 3.06. The number of nitriles is 1. The highest BCUT2D eigenvalue weighted by molar-refractivity contribution is 6.14. The fourth-order valence-electron chi connectivity index (χ4n) is 0.237. The number of nitrogens with zero attached hydrogens (tertiary/aromatic N) is 1. The van der Waals surface area contributed by atoms with E-state index in [4.69, 9.17) is 5.26 Å². The summed E-state index contributed by atoms with van der Waals surface area (Å²) >= 11 is 0. The first-order valence-electron chi connectivity index (χ1n) is 2.43. The molecule has 0 aromatic heterocycles. The van der Waals surface area contributed by atoms with Crippen LogP contribution in [0.2, 0.25) is 5.31 Å². The maximum absolute atomic E-state index is 8.15. The van der Waals surface area contributed by atoms with E-state index in [2.05, 4.69) is 27.8 Å². The van der Waals surface area contributed by atoms with Crippen molar-refractivity contribution >= 4 is 7.85 Å². The third-order valence-corrected chi connectivity index (χ3v) is 0.609. The Kier molecular flexibility index (Phi) is 1.89. The summed E-state index contributed by atoms with van der Waals surface area (Å²) in [6.07, 6.45) is 0.646. The minimum absolute atomic E-state index is 0.189. The predicted octanol–water partition coefficient (Wildman–Crippen LogP) is 0.732. The normalized spacial score (nSPS) is 10.4. The Hall–Kier alpha value is -0.445. The second-order valence-corrected chi connectivity index (χ2v) is 2.90. The van der Waals surface area contributed by atoms with E-state index in [0.717, 1.165) is 0 Å². The van der Waals surface area contributed by atoms with Crippen molar-refractivity contribution in [1.82, 2.24) is 0 Å². The molecule has 0 aliphatic rings. The quantitative estimate of drug-likeness (QED) is 0.440. The summed E-state index contributed by atoms with van der Waals surface area (Å²) in [5, 5.41) is 8.34. The zero-order valence-corrected chi connectivity index (χ0v) is 5.15. The Labute approximate surface area is 45.7 Å². The Morgan fingerprint density at radius 2 is 2.14 bits per heavy atom. The predicted molar refractivity (Wildman–Crippen MR) is 32.8 cm³/mol. The first-order valence-corrected chi connectivity index (χ1v) is 2.43. The van der Waals surface area contributed by atoms with E-state index in [1.165, 1.54) is 0 Å². The van der Waals surface area contributed by atoms with Gasteiger partial charge in [0.2, 0.25) is 0 Å². The van der Waals surface area contributed by atoms with Crippen molar-refractivity contribution < 1.29 is 0 Å². The van der Waals surface area contributed by atoms with Crippen molar-refractivity contribution in [2.24, 2.45) is 0 Å². The van der Waals surface area contributed by atoms with Gasteiger partial charge in [-0.2, -0.15) is 5.26 Å². The van der Waals surface area contributed by atoms with Crippen LogP contribution in [0, 0.1) is 11.3 Å². The van der Waals surface area contributed by atoms with Gasteiger partial charge >= 0.3 is 0 Å². The fourth-order valence-corrected chi connectivity index (χ4v) is 0.237. The number of hydrogen-bond acceptors (Lipinski definition) is 1. The molecule has 0 heterocycles. The summed E-state index contributed by atoms with van der Waals surface area (Å²) in [6.45, 7) is 4.10. The fraction of sp³-hybridized carbons (Fsp3) is 0.800. The first kappa shape index (κ1) is 6.55. The van der Waals surface area contributed by atoms with E-state index in [-0.39, 0.29) is 5.31 Å².